The zero-order chi connectivity index (χ0) is 23.9. The lowest BCUT2D eigenvalue weighted by Crippen LogP contribution is -2.41. The molecule has 0 bridgehead atoms. The molecule has 1 aromatic rings. The van der Waals surface area contributed by atoms with Gasteiger partial charge in [-0.05, 0) is 82.6 Å². The molecule has 0 spiro atoms. The molecular formula is C23H30BF3O5. The average molecular weight is 454 g/mol. The maximum atomic E-state index is 13.9. The summed E-state index contributed by atoms with van der Waals surface area (Å²) in [6.07, 6.45) is -1.18. The SMILES string of the molecule is COc1cc(/C=C/B2OC(C)(C)C(C)(C)O2)c(C(F)(F)F)cc1CC1CC[C@@H](C(=O)O)C1. The van der Waals surface area contributed by atoms with Crippen molar-refractivity contribution in [1.82, 2.24) is 0 Å². The molecule has 0 aromatic heterocycles. The third-order valence-electron chi connectivity index (χ3n) is 6.86. The van der Waals surface area contributed by atoms with Crippen LogP contribution in [0.4, 0.5) is 13.2 Å². The largest absolute Gasteiger partial charge is 0.496 e. The average Bonchev–Trinajstić information content (AvgIpc) is 3.21. The van der Waals surface area contributed by atoms with Crippen molar-refractivity contribution in [2.75, 3.05) is 7.11 Å². The Morgan fingerprint density at radius 2 is 1.84 bits per heavy atom. The summed E-state index contributed by atoms with van der Waals surface area (Å²) in [7, 11) is 0.654. The smallest absolute Gasteiger partial charge is 0.487 e. The zero-order valence-electron chi connectivity index (χ0n) is 19.1. The molecule has 1 aliphatic heterocycles. The van der Waals surface area contributed by atoms with Crippen molar-refractivity contribution in [2.24, 2.45) is 11.8 Å². The second-order valence-corrected chi connectivity index (χ2v) is 9.65. The van der Waals surface area contributed by atoms with Crippen LogP contribution in [0, 0.1) is 11.8 Å². The minimum Gasteiger partial charge on any atom is -0.496 e. The summed E-state index contributed by atoms with van der Waals surface area (Å²) in [5.74, 6) is 0.561. The third-order valence-corrected chi connectivity index (χ3v) is 6.86. The molecule has 2 fully saturated rings. The number of carboxylic acid groups (broad SMARTS) is 1. The van der Waals surface area contributed by atoms with Crippen LogP contribution in [0.3, 0.4) is 0 Å². The first kappa shape index (κ1) is 24.6. The zero-order valence-corrected chi connectivity index (χ0v) is 19.1. The second-order valence-electron chi connectivity index (χ2n) is 9.65. The van der Waals surface area contributed by atoms with Gasteiger partial charge in [0.2, 0.25) is 0 Å². The van der Waals surface area contributed by atoms with E-state index in [1.165, 1.54) is 25.2 Å². The number of hydrogen-bond acceptors (Lipinski definition) is 4. The number of carboxylic acids is 1. The lowest BCUT2D eigenvalue weighted by molar-refractivity contribution is -0.141. The van der Waals surface area contributed by atoms with E-state index < -0.39 is 41.9 Å². The summed E-state index contributed by atoms with van der Waals surface area (Å²) >= 11 is 0. The van der Waals surface area contributed by atoms with Crippen LogP contribution in [0.15, 0.2) is 18.1 Å². The minimum atomic E-state index is -4.56. The highest BCUT2D eigenvalue weighted by Crippen LogP contribution is 2.41. The maximum absolute atomic E-state index is 13.9. The van der Waals surface area contributed by atoms with E-state index in [1.807, 2.05) is 27.7 Å². The number of halogens is 3. The maximum Gasteiger partial charge on any atom is 0.487 e. The first-order valence-electron chi connectivity index (χ1n) is 10.8. The van der Waals surface area contributed by atoms with Crippen molar-refractivity contribution in [3.05, 3.63) is 34.8 Å². The van der Waals surface area contributed by atoms with E-state index in [4.69, 9.17) is 14.0 Å². The Hall–Kier alpha value is -2.00. The van der Waals surface area contributed by atoms with Gasteiger partial charge >= 0.3 is 19.3 Å². The third kappa shape index (κ3) is 5.14. The molecule has 2 aliphatic rings. The van der Waals surface area contributed by atoms with Gasteiger partial charge in [0.25, 0.3) is 0 Å². The van der Waals surface area contributed by atoms with Crippen molar-refractivity contribution in [3.63, 3.8) is 0 Å². The van der Waals surface area contributed by atoms with Crippen LogP contribution in [-0.2, 0) is 26.7 Å². The summed E-state index contributed by atoms with van der Waals surface area (Å²) in [4.78, 5) is 11.2. The fourth-order valence-electron chi connectivity index (χ4n) is 4.32. The van der Waals surface area contributed by atoms with Gasteiger partial charge in [0, 0.05) is 0 Å². The topological polar surface area (TPSA) is 65.0 Å². The number of methoxy groups -OCH3 is 1. The van der Waals surface area contributed by atoms with Crippen molar-refractivity contribution < 1.29 is 37.1 Å². The summed E-state index contributed by atoms with van der Waals surface area (Å²) in [6.45, 7) is 7.49. The molecule has 1 saturated heterocycles. The highest BCUT2D eigenvalue weighted by atomic mass is 19.4. The molecule has 1 heterocycles. The Balaban J connectivity index is 1.88. The number of ether oxygens (including phenoxy) is 1. The fourth-order valence-corrected chi connectivity index (χ4v) is 4.32. The van der Waals surface area contributed by atoms with Crippen LogP contribution >= 0.6 is 0 Å². The number of aliphatic carboxylic acids is 1. The Labute approximate surface area is 187 Å². The normalized spacial score (nSPS) is 24.9. The predicted octanol–water partition coefficient (Wildman–Crippen LogP) is 5.40. The molecule has 32 heavy (non-hydrogen) atoms. The Morgan fingerprint density at radius 3 is 2.34 bits per heavy atom. The Kier molecular flexibility index (Phi) is 6.73. The van der Waals surface area contributed by atoms with Crippen LogP contribution in [0.25, 0.3) is 6.08 Å². The number of carbonyl (C=O) groups is 1. The van der Waals surface area contributed by atoms with Crippen molar-refractivity contribution in [3.8, 4) is 5.75 Å². The minimum absolute atomic E-state index is 0.0113. The van der Waals surface area contributed by atoms with E-state index in [0.29, 0.717) is 37.0 Å². The van der Waals surface area contributed by atoms with Gasteiger partial charge in [0.05, 0.1) is 29.8 Å². The van der Waals surface area contributed by atoms with Crippen LogP contribution in [0.2, 0.25) is 0 Å². The summed E-state index contributed by atoms with van der Waals surface area (Å²) < 4.78 is 58.7. The molecular weight excluding hydrogens is 424 g/mol. The molecule has 1 saturated carbocycles. The predicted molar refractivity (Wildman–Crippen MR) is 115 cm³/mol. The second kappa shape index (κ2) is 8.74. The number of rotatable bonds is 6. The molecule has 1 aliphatic carbocycles. The first-order chi connectivity index (χ1) is 14.7. The molecule has 5 nitrogen and oxygen atoms in total. The standard InChI is InChI=1S/C23H30BF3O5/c1-21(2)22(3,4)32-24(31-21)9-8-15-13-19(30-5)17(12-18(15)23(25,26)27)11-14-6-7-16(10-14)20(28)29/h8-9,12-14,16H,6-7,10-11H2,1-5H3,(H,28,29)/b9-8+/t14?,16-/m1/s1. The van der Waals surface area contributed by atoms with Crippen molar-refractivity contribution in [2.45, 2.75) is 70.8 Å². The lowest BCUT2D eigenvalue weighted by atomic mass is 9.87. The van der Waals surface area contributed by atoms with Gasteiger partial charge in [-0.1, -0.05) is 12.1 Å². The molecule has 9 heteroatoms. The van der Waals surface area contributed by atoms with Gasteiger partial charge in [-0.15, -0.1) is 0 Å². The van der Waals surface area contributed by atoms with E-state index >= 15 is 0 Å². The Bertz CT molecular complexity index is 878. The Morgan fingerprint density at radius 1 is 1.22 bits per heavy atom. The highest BCUT2D eigenvalue weighted by Gasteiger charge is 2.50. The number of hydrogen-bond donors (Lipinski definition) is 1. The summed E-state index contributed by atoms with van der Waals surface area (Å²) in [6, 6.07) is 2.50. The first-order valence-corrected chi connectivity index (χ1v) is 10.8. The molecule has 0 amide bonds. The van der Waals surface area contributed by atoms with Crippen LogP contribution in [0.5, 0.6) is 5.75 Å². The van der Waals surface area contributed by atoms with Gasteiger partial charge in [-0.25, -0.2) is 0 Å². The lowest BCUT2D eigenvalue weighted by Gasteiger charge is -2.32. The fraction of sp³-hybridized carbons (Fsp3) is 0.609. The van der Waals surface area contributed by atoms with E-state index in [1.54, 1.807) is 0 Å². The monoisotopic (exact) mass is 454 g/mol. The highest BCUT2D eigenvalue weighted by molar-refractivity contribution is 6.52. The molecule has 3 rings (SSSR count). The van der Waals surface area contributed by atoms with Crippen LogP contribution < -0.4 is 4.74 Å². The molecule has 2 atom stereocenters. The van der Waals surface area contributed by atoms with E-state index in [0.717, 1.165) is 6.07 Å². The number of benzene rings is 1. The van der Waals surface area contributed by atoms with Gasteiger partial charge < -0.3 is 19.2 Å². The quantitative estimate of drug-likeness (QED) is 0.583. The van der Waals surface area contributed by atoms with E-state index in [2.05, 4.69) is 0 Å². The van der Waals surface area contributed by atoms with Crippen LogP contribution in [-0.4, -0.2) is 36.5 Å². The molecule has 176 valence electrons. The van der Waals surface area contributed by atoms with E-state index in [9.17, 15) is 23.1 Å². The molecule has 0 radical (unpaired) electrons. The summed E-state index contributed by atoms with van der Waals surface area (Å²) in [5.41, 5.74) is -1.56. The van der Waals surface area contributed by atoms with E-state index in [-0.39, 0.29) is 11.5 Å². The molecule has 1 aromatic carbocycles. The molecule has 1 N–H and O–H groups in total. The van der Waals surface area contributed by atoms with Crippen molar-refractivity contribution in [1.29, 1.82) is 0 Å². The number of alkyl halides is 3. The molecule has 1 unspecified atom stereocenters. The van der Waals surface area contributed by atoms with Gasteiger partial charge in [0.1, 0.15) is 5.75 Å². The van der Waals surface area contributed by atoms with Gasteiger partial charge in [-0.3, -0.25) is 4.79 Å². The van der Waals surface area contributed by atoms with Gasteiger partial charge in [-0.2, -0.15) is 13.2 Å². The summed E-state index contributed by atoms with van der Waals surface area (Å²) in [5, 5.41) is 9.20. The van der Waals surface area contributed by atoms with Crippen LogP contribution in [0.1, 0.15) is 63.6 Å². The van der Waals surface area contributed by atoms with Crippen molar-refractivity contribution >= 4 is 19.2 Å². The van der Waals surface area contributed by atoms with Gasteiger partial charge in [0.15, 0.2) is 0 Å².